The average Bonchev–Trinajstić information content (AvgIpc) is 3.30. The summed E-state index contributed by atoms with van der Waals surface area (Å²) in [5.41, 5.74) is 7.69. The zero-order chi connectivity index (χ0) is 28.9. The number of aliphatic carboxylic acids is 1. The number of carbonyl (C=O) groups excluding carboxylic acids is 3. The SMILES string of the molecule is CSCCC(N)C(=O)NC(CCSC)C(=O)NC(Cc1c[nH]c2ccccc12)C(=O)NC(CC(C)C)C(=O)O. The maximum atomic E-state index is 13.4. The van der Waals surface area contributed by atoms with E-state index in [9.17, 15) is 24.3 Å². The highest BCUT2D eigenvalue weighted by molar-refractivity contribution is 7.98. The summed E-state index contributed by atoms with van der Waals surface area (Å²) in [6.07, 6.45) is 6.80. The van der Waals surface area contributed by atoms with Crippen LogP contribution in [-0.2, 0) is 25.6 Å². The van der Waals surface area contributed by atoms with E-state index in [2.05, 4.69) is 20.9 Å². The fraction of sp³-hybridized carbons (Fsp3) is 0.556. The van der Waals surface area contributed by atoms with Crippen LogP contribution < -0.4 is 21.7 Å². The molecule has 0 aliphatic rings. The highest BCUT2D eigenvalue weighted by Gasteiger charge is 2.31. The number of aromatic amines is 1. The number of carboxylic acids is 1. The van der Waals surface area contributed by atoms with Gasteiger partial charge in [-0.25, -0.2) is 4.79 Å². The lowest BCUT2D eigenvalue weighted by molar-refractivity contribution is -0.142. The molecule has 2 aromatic rings. The van der Waals surface area contributed by atoms with E-state index in [1.54, 1.807) is 18.0 Å². The first-order valence-corrected chi connectivity index (χ1v) is 15.8. The molecule has 7 N–H and O–H groups in total. The molecule has 2 rings (SSSR count). The number of hydrogen-bond donors (Lipinski definition) is 6. The quantitative estimate of drug-likeness (QED) is 0.166. The van der Waals surface area contributed by atoms with Crippen molar-refractivity contribution in [2.75, 3.05) is 24.0 Å². The van der Waals surface area contributed by atoms with Crippen molar-refractivity contribution in [3.05, 3.63) is 36.0 Å². The Morgan fingerprint density at radius 1 is 0.897 bits per heavy atom. The van der Waals surface area contributed by atoms with E-state index < -0.39 is 47.9 Å². The van der Waals surface area contributed by atoms with Gasteiger partial charge in [0.15, 0.2) is 0 Å². The van der Waals surface area contributed by atoms with Gasteiger partial charge in [0.25, 0.3) is 0 Å². The van der Waals surface area contributed by atoms with Crippen molar-refractivity contribution in [3.63, 3.8) is 0 Å². The minimum absolute atomic E-state index is 0.0366. The lowest BCUT2D eigenvalue weighted by atomic mass is 10.0. The Labute approximate surface area is 238 Å². The molecule has 0 aliphatic heterocycles. The van der Waals surface area contributed by atoms with E-state index >= 15 is 0 Å². The molecular formula is C27H41N5O5S2. The van der Waals surface area contributed by atoms with Crippen molar-refractivity contribution in [1.82, 2.24) is 20.9 Å². The molecule has 1 aromatic carbocycles. The fourth-order valence-electron chi connectivity index (χ4n) is 4.13. The number of nitrogens with two attached hydrogens (primary N) is 1. The van der Waals surface area contributed by atoms with Crippen molar-refractivity contribution in [2.24, 2.45) is 11.7 Å². The molecular weight excluding hydrogens is 538 g/mol. The lowest BCUT2D eigenvalue weighted by Gasteiger charge is -2.25. The Bertz CT molecular complexity index is 1110. The highest BCUT2D eigenvalue weighted by atomic mass is 32.2. The van der Waals surface area contributed by atoms with Gasteiger partial charge in [-0.05, 0) is 60.8 Å². The third-order valence-electron chi connectivity index (χ3n) is 6.27. The zero-order valence-corrected chi connectivity index (χ0v) is 24.6. The van der Waals surface area contributed by atoms with Crippen LogP contribution in [0.1, 0.15) is 38.7 Å². The van der Waals surface area contributed by atoms with Gasteiger partial charge in [0.05, 0.1) is 6.04 Å². The maximum absolute atomic E-state index is 13.4. The standard InChI is InChI=1S/C27H41N5O5S2/c1-16(2)13-23(27(36)37)32-26(35)22(14-17-15-29-20-8-6-5-7-18(17)20)31-25(34)21(10-12-39-4)30-24(33)19(28)9-11-38-3/h5-8,15-16,19,21-23,29H,9-14,28H2,1-4H3,(H,30,33)(H,31,34)(H,32,35)(H,36,37). The molecule has 0 fully saturated rings. The summed E-state index contributed by atoms with van der Waals surface area (Å²) in [5, 5.41) is 18.7. The van der Waals surface area contributed by atoms with Crippen molar-refractivity contribution < 1.29 is 24.3 Å². The summed E-state index contributed by atoms with van der Waals surface area (Å²) in [4.78, 5) is 54.5. The zero-order valence-electron chi connectivity index (χ0n) is 23.0. The first-order valence-electron chi connectivity index (χ1n) is 13.0. The van der Waals surface area contributed by atoms with Crippen LogP contribution >= 0.6 is 23.5 Å². The highest BCUT2D eigenvalue weighted by Crippen LogP contribution is 2.19. The van der Waals surface area contributed by atoms with Crippen LogP contribution in [0.2, 0.25) is 0 Å². The molecule has 4 atom stereocenters. The smallest absolute Gasteiger partial charge is 0.326 e. The molecule has 0 saturated heterocycles. The molecule has 10 nitrogen and oxygen atoms in total. The molecule has 39 heavy (non-hydrogen) atoms. The Kier molecular flexibility index (Phi) is 13.7. The second-order valence-electron chi connectivity index (χ2n) is 9.88. The molecule has 0 saturated carbocycles. The van der Waals surface area contributed by atoms with Gasteiger partial charge < -0.3 is 31.8 Å². The summed E-state index contributed by atoms with van der Waals surface area (Å²) in [6.45, 7) is 3.74. The number of para-hydroxylation sites is 1. The summed E-state index contributed by atoms with van der Waals surface area (Å²) in [5.74, 6) is -1.34. The second-order valence-corrected chi connectivity index (χ2v) is 11.9. The van der Waals surface area contributed by atoms with Crippen LogP contribution in [-0.4, -0.2) is 82.0 Å². The molecule has 1 heterocycles. The van der Waals surface area contributed by atoms with Crippen LogP contribution in [0.5, 0.6) is 0 Å². The third-order valence-corrected chi connectivity index (χ3v) is 7.55. The number of thioether (sulfide) groups is 2. The van der Waals surface area contributed by atoms with E-state index in [0.29, 0.717) is 24.3 Å². The van der Waals surface area contributed by atoms with Crippen molar-refractivity contribution in [2.45, 2.75) is 63.7 Å². The molecule has 0 radical (unpaired) electrons. The van der Waals surface area contributed by atoms with Gasteiger partial charge in [-0.15, -0.1) is 0 Å². The van der Waals surface area contributed by atoms with Crippen LogP contribution in [0.15, 0.2) is 30.5 Å². The molecule has 12 heteroatoms. The maximum Gasteiger partial charge on any atom is 0.326 e. The molecule has 0 spiro atoms. The largest absolute Gasteiger partial charge is 0.480 e. The first kappa shape index (κ1) is 32.5. The van der Waals surface area contributed by atoms with Crippen LogP contribution in [0, 0.1) is 5.92 Å². The number of hydrogen-bond acceptors (Lipinski definition) is 7. The minimum Gasteiger partial charge on any atom is -0.480 e. The predicted molar refractivity (Wildman–Crippen MR) is 159 cm³/mol. The Morgan fingerprint density at radius 3 is 2.13 bits per heavy atom. The summed E-state index contributed by atoms with van der Waals surface area (Å²) in [6, 6.07) is 3.78. The number of amides is 3. The first-order chi connectivity index (χ1) is 18.6. The van der Waals surface area contributed by atoms with Crippen molar-refractivity contribution in [1.29, 1.82) is 0 Å². The Hall–Kier alpha value is -2.70. The van der Waals surface area contributed by atoms with E-state index in [-0.39, 0.29) is 18.8 Å². The topological polar surface area (TPSA) is 166 Å². The van der Waals surface area contributed by atoms with Crippen LogP contribution in [0.4, 0.5) is 0 Å². The Morgan fingerprint density at radius 2 is 1.49 bits per heavy atom. The number of aromatic nitrogens is 1. The van der Waals surface area contributed by atoms with Crippen molar-refractivity contribution >= 4 is 58.1 Å². The monoisotopic (exact) mass is 579 g/mol. The van der Waals surface area contributed by atoms with Gasteiger partial charge >= 0.3 is 5.97 Å². The number of nitrogens with one attached hydrogen (secondary N) is 4. The lowest BCUT2D eigenvalue weighted by Crippen LogP contribution is -2.57. The van der Waals surface area contributed by atoms with E-state index in [0.717, 1.165) is 16.5 Å². The third kappa shape index (κ3) is 10.4. The number of benzene rings is 1. The fourth-order valence-corrected chi connectivity index (χ4v) is 5.09. The minimum atomic E-state index is -1.14. The Balaban J connectivity index is 2.29. The average molecular weight is 580 g/mol. The van der Waals surface area contributed by atoms with Gasteiger partial charge in [0.1, 0.15) is 18.1 Å². The molecule has 216 valence electrons. The number of carbonyl (C=O) groups is 4. The van der Waals surface area contributed by atoms with Gasteiger partial charge in [0.2, 0.25) is 17.7 Å². The van der Waals surface area contributed by atoms with Crippen molar-refractivity contribution in [3.8, 4) is 0 Å². The van der Waals surface area contributed by atoms with Gasteiger partial charge in [-0.2, -0.15) is 23.5 Å². The van der Waals surface area contributed by atoms with Gasteiger partial charge in [-0.1, -0.05) is 32.0 Å². The number of rotatable bonds is 17. The van der Waals surface area contributed by atoms with E-state index in [1.807, 2.05) is 50.6 Å². The van der Waals surface area contributed by atoms with E-state index in [4.69, 9.17) is 5.73 Å². The number of carboxylic acid groups (broad SMARTS) is 1. The van der Waals surface area contributed by atoms with Gasteiger partial charge in [-0.3, -0.25) is 14.4 Å². The van der Waals surface area contributed by atoms with E-state index in [1.165, 1.54) is 11.8 Å². The molecule has 1 aromatic heterocycles. The number of H-pyrrole nitrogens is 1. The molecule has 0 aliphatic carbocycles. The van der Waals surface area contributed by atoms with Crippen LogP contribution in [0.3, 0.4) is 0 Å². The molecule has 3 amide bonds. The summed E-state index contributed by atoms with van der Waals surface area (Å²) in [7, 11) is 0. The van der Waals surface area contributed by atoms with Gasteiger partial charge in [0, 0.05) is 23.5 Å². The normalized spacial score (nSPS) is 14.4. The molecule has 0 bridgehead atoms. The number of fused-ring (bicyclic) bond motifs is 1. The summed E-state index contributed by atoms with van der Waals surface area (Å²) >= 11 is 3.11. The van der Waals surface area contributed by atoms with Crippen LogP contribution in [0.25, 0.3) is 10.9 Å². The molecule has 4 unspecified atom stereocenters. The summed E-state index contributed by atoms with van der Waals surface area (Å²) < 4.78 is 0. The predicted octanol–water partition coefficient (Wildman–Crippen LogP) is 2.13. The second kappa shape index (κ2) is 16.4.